The van der Waals surface area contributed by atoms with E-state index in [2.05, 4.69) is 20.1 Å². The van der Waals surface area contributed by atoms with Crippen molar-refractivity contribution in [2.24, 2.45) is 5.73 Å². The lowest BCUT2D eigenvalue weighted by molar-refractivity contribution is 0.0740. The molecule has 0 saturated heterocycles. The Morgan fingerprint density at radius 1 is 1.33 bits per heavy atom. The summed E-state index contributed by atoms with van der Waals surface area (Å²) in [7, 11) is -1.96. The summed E-state index contributed by atoms with van der Waals surface area (Å²) in [5.74, 6) is 0.319. The van der Waals surface area contributed by atoms with E-state index >= 15 is 0 Å². The molecule has 180 valence electrons. The number of aromatic nitrogens is 3. The quantitative estimate of drug-likeness (QED) is 0.419. The number of halogens is 2. The fraction of sp³-hybridized carbons (Fsp3) is 0.350. The third-order valence-electron chi connectivity index (χ3n) is 4.92. The molecule has 0 saturated carbocycles. The fourth-order valence-corrected chi connectivity index (χ4v) is 3.90. The van der Waals surface area contributed by atoms with Crippen LogP contribution in [0.5, 0.6) is 0 Å². The maximum atomic E-state index is 13.2. The Kier molecular flexibility index (Phi) is 8.52. The Morgan fingerprint density at radius 3 is 2.67 bits per heavy atom. The first kappa shape index (κ1) is 26.7. The Bertz CT molecular complexity index is 1260. The average molecular weight is 516 g/mol. The van der Waals surface area contributed by atoms with Crippen molar-refractivity contribution in [1.82, 2.24) is 19.5 Å². The van der Waals surface area contributed by atoms with E-state index < -0.39 is 22.0 Å². The van der Waals surface area contributed by atoms with E-state index in [0.29, 0.717) is 29.5 Å². The molecule has 1 aromatic carbocycles. The lowest BCUT2D eigenvalue weighted by Crippen LogP contribution is -2.31. The molecule has 3 aromatic rings. The van der Waals surface area contributed by atoms with Gasteiger partial charge < -0.3 is 16.0 Å². The number of benzene rings is 1. The van der Waals surface area contributed by atoms with Crippen LogP contribution in [-0.4, -0.2) is 60.2 Å². The van der Waals surface area contributed by atoms with Gasteiger partial charge in [-0.15, -0.1) is 12.4 Å². The third-order valence-corrected chi connectivity index (χ3v) is 5.75. The van der Waals surface area contributed by atoms with Crippen LogP contribution in [-0.2, 0) is 10.0 Å². The summed E-state index contributed by atoms with van der Waals surface area (Å²) in [6.07, 6.45) is 2.87. The first-order valence-corrected chi connectivity index (χ1v) is 12.1. The Balaban J connectivity index is 0.00000385. The van der Waals surface area contributed by atoms with Crippen LogP contribution in [0.3, 0.4) is 0 Å². The number of nitrogens with zero attached hydrogens (tertiary/aromatic N) is 4. The first-order valence-electron chi connectivity index (χ1n) is 9.85. The van der Waals surface area contributed by atoms with Crippen molar-refractivity contribution < 1.29 is 13.2 Å². The minimum Gasteiger partial charge on any atom is -0.368 e. The zero-order valence-electron chi connectivity index (χ0n) is 18.7. The minimum absolute atomic E-state index is 0. The first-order chi connectivity index (χ1) is 15.0. The largest absolute Gasteiger partial charge is 0.368 e. The van der Waals surface area contributed by atoms with Crippen molar-refractivity contribution in [2.75, 3.05) is 36.4 Å². The van der Waals surface area contributed by atoms with Crippen LogP contribution in [0.2, 0.25) is 5.02 Å². The lowest BCUT2D eigenvalue weighted by atomic mass is 10.1. The number of rotatable bonds is 8. The predicted molar refractivity (Wildman–Crippen MR) is 133 cm³/mol. The van der Waals surface area contributed by atoms with Gasteiger partial charge >= 0.3 is 0 Å². The molecular formula is C20H27Cl2N7O3S. The minimum atomic E-state index is -3.58. The summed E-state index contributed by atoms with van der Waals surface area (Å²) in [6.45, 7) is 4.83. The Labute approximate surface area is 204 Å². The average Bonchev–Trinajstić information content (AvgIpc) is 3.13. The van der Waals surface area contributed by atoms with Crippen LogP contribution in [0.25, 0.3) is 5.65 Å². The highest BCUT2D eigenvalue weighted by molar-refractivity contribution is 7.92. The molecule has 2 heterocycles. The van der Waals surface area contributed by atoms with Gasteiger partial charge in [-0.1, -0.05) is 11.6 Å². The predicted octanol–water partition coefficient (Wildman–Crippen LogP) is 2.69. The van der Waals surface area contributed by atoms with Crippen molar-refractivity contribution >= 4 is 57.1 Å². The molecule has 0 bridgehead atoms. The van der Waals surface area contributed by atoms with E-state index in [9.17, 15) is 13.2 Å². The van der Waals surface area contributed by atoms with E-state index in [1.165, 1.54) is 23.1 Å². The Hall–Kier alpha value is -2.60. The molecule has 0 aliphatic rings. The number of carbonyl (C=O) groups excluding carboxylic acids is 1. The van der Waals surface area contributed by atoms with Crippen LogP contribution in [0, 0.1) is 6.92 Å². The molecule has 33 heavy (non-hydrogen) atoms. The summed E-state index contributed by atoms with van der Waals surface area (Å²) < 4.78 is 27.4. The number of fused-ring (bicyclic) bond motifs is 1. The number of amides is 1. The monoisotopic (exact) mass is 515 g/mol. The molecule has 4 N–H and O–H groups in total. The van der Waals surface area contributed by atoms with Crippen LogP contribution in [0.4, 0.5) is 11.5 Å². The number of hydrogen-bond acceptors (Lipinski definition) is 7. The van der Waals surface area contributed by atoms with Crippen molar-refractivity contribution in [2.45, 2.75) is 19.9 Å². The van der Waals surface area contributed by atoms with Crippen LogP contribution < -0.4 is 15.8 Å². The third kappa shape index (κ3) is 6.26. The zero-order chi connectivity index (χ0) is 23.6. The zero-order valence-corrected chi connectivity index (χ0v) is 21.1. The summed E-state index contributed by atoms with van der Waals surface area (Å²) in [5.41, 5.74) is 8.02. The van der Waals surface area contributed by atoms with Crippen LogP contribution in [0.1, 0.15) is 34.6 Å². The second-order valence-electron chi connectivity index (χ2n) is 7.52. The highest BCUT2D eigenvalue weighted by Crippen LogP contribution is 2.27. The van der Waals surface area contributed by atoms with Gasteiger partial charge in [0.05, 0.1) is 29.2 Å². The second kappa shape index (κ2) is 10.6. The van der Waals surface area contributed by atoms with Crippen molar-refractivity contribution in [1.29, 1.82) is 0 Å². The molecule has 0 unspecified atom stereocenters. The number of hydrogen-bond donors (Lipinski definition) is 3. The van der Waals surface area contributed by atoms with Gasteiger partial charge in [0, 0.05) is 43.0 Å². The molecule has 1 atom stereocenters. The number of nitrogens with one attached hydrogen (secondary N) is 2. The summed E-state index contributed by atoms with van der Waals surface area (Å²) in [6, 6.07) is 5.79. The van der Waals surface area contributed by atoms with Gasteiger partial charge in [0.15, 0.2) is 5.65 Å². The molecule has 0 radical (unpaired) electrons. The van der Waals surface area contributed by atoms with Gasteiger partial charge in [-0.25, -0.2) is 17.9 Å². The van der Waals surface area contributed by atoms with Crippen molar-refractivity contribution in [3.8, 4) is 0 Å². The van der Waals surface area contributed by atoms with E-state index in [0.717, 1.165) is 17.6 Å². The van der Waals surface area contributed by atoms with Gasteiger partial charge in [-0.2, -0.15) is 5.10 Å². The van der Waals surface area contributed by atoms with Gasteiger partial charge in [0.1, 0.15) is 5.82 Å². The number of sulfonamides is 1. The maximum Gasteiger partial charge on any atom is 0.256 e. The van der Waals surface area contributed by atoms with Crippen LogP contribution in [0.15, 0.2) is 30.5 Å². The molecule has 3 rings (SSSR count). The number of carbonyl (C=O) groups is 1. The van der Waals surface area contributed by atoms with Gasteiger partial charge in [-0.3, -0.25) is 9.52 Å². The smallest absolute Gasteiger partial charge is 0.256 e. The Morgan fingerprint density at radius 2 is 2.03 bits per heavy atom. The van der Waals surface area contributed by atoms with Gasteiger partial charge in [0.2, 0.25) is 10.0 Å². The van der Waals surface area contributed by atoms with Crippen molar-refractivity contribution in [3.05, 3.63) is 52.3 Å². The SMILES string of the molecule is Cc1cn2nc([C@H](C)N(C)C(=O)c3cc(Cl)ccc3NS(C)(=O)=O)cc2nc1NCCN.Cl. The van der Waals surface area contributed by atoms with E-state index in [1.807, 2.05) is 20.0 Å². The summed E-state index contributed by atoms with van der Waals surface area (Å²) in [4.78, 5) is 19.3. The highest BCUT2D eigenvalue weighted by atomic mass is 35.5. The molecule has 0 aliphatic heterocycles. The topological polar surface area (TPSA) is 135 Å². The number of aryl methyl sites for hydroxylation is 1. The molecule has 10 nitrogen and oxygen atoms in total. The van der Waals surface area contributed by atoms with Gasteiger partial charge in [-0.05, 0) is 32.0 Å². The highest BCUT2D eigenvalue weighted by Gasteiger charge is 2.25. The van der Waals surface area contributed by atoms with E-state index in [1.54, 1.807) is 17.6 Å². The molecule has 0 fully saturated rings. The second-order valence-corrected chi connectivity index (χ2v) is 9.70. The van der Waals surface area contributed by atoms with E-state index in [4.69, 9.17) is 17.3 Å². The number of nitrogens with two attached hydrogens (primary N) is 1. The summed E-state index contributed by atoms with van der Waals surface area (Å²) >= 11 is 6.07. The molecule has 0 spiro atoms. The normalized spacial score (nSPS) is 12.2. The fourth-order valence-electron chi connectivity index (χ4n) is 3.15. The number of anilines is 2. The summed E-state index contributed by atoms with van der Waals surface area (Å²) in [5, 5.41) is 8.06. The van der Waals surface area contributed by atoms with Crippen molar-refractivity contribution in [3.63, 3.8) is 0 Å². The lowest BCUT2D eigenvalue weighted by Gasteiger charge is -2.24. The molecule has 1 amide bonds. The standard InChI is InChI=1S/C20H26ClN7O3S.ClH/c1-12-11-28-18(24-19(12)23-8-7-22)10-17(25-28)13(2)27(3)20(29)15-9-14(21)5-6-16(15)26-32(4,30)31;/h5-6,9-11,13,26H,7-8,22H2,1-4H3,(H,23,24);1H/t13-;/m0./s1. The molecule has 13 heteroatoms. The maximum absolute atomic E-state index is 13.2. The van der Waals surface area contributed by atoms with Crippen LogP contribution >= 0.6 is 24.0 Å². The molecule has 0 aliphatic carbocycles. The molecular weight excluding hydrogens is 489 g/mol. The van der Waals surface area contributed by atoms with E-state index in [-0.39, 0.29) is 23.7 Å². The van der Waals surface area contributed by atoms with Gasteiger partial charge in [0.25, 0.3) is 5.91 Å². The molecule has 2 aromatic heterocycles.